The van der Waals surface area contributed by atoms with Crippen LogP contribution in [0.15, 0.2) is 30.9 Å². The first-order chi connectivity index (χ1) is 10.7. The molecule has 1 aromatic carbocycles. The number of aryl methyl sites for hydroxylation is 1. The fraction of sp³-hybridized carbons (Fsp3) is 0.438. The maximum Gasteiger partial charge on any atom is 0.253 e. The minimum atomic E-state index is 0.0598. The predicted octanol–water partition coefficient (Wildman–Crippen LogP) is 1.42. The molecule has 2 heterocycles. The number of benzene rings is 1. The van der Waals surface area contributed by atoms with Gasteiger partial charge in [0.2, 0.25) is 0 Å². The van der Waals surface area contributed by atoms with Crippen LogP contribution in [0.1, 0.15) is 28.8 Å². The van der Waals surface area contributed by atoms with E-state index >= 15 is 0 Å². The molecule has 1 N–H and O–H groups in total. The van der Waals surface area contributed by atoms with E-state index in [2.05, 4.69) is 10.1 Å². The quantitative estimate of drug-likeness (QED) is 0.930. The van der Waals surface area contributed by atoms with E-state index in [-0.39, 0.29) is 12.5 Å². The van der Waals surface area contributed by atoms with Crippen LogP contribution < -0.4 is 0 Å². The largest absolute Gasteiger partial charge is 0.396 e. The van der Waals surface area contributed by atoms with Crippen molar-refractivity contribution in [2.24, 2.45) is 5.92 Å². The highest BCUT2D eigenvalue weighted by Gasteiger charge is 2.23. The Morgan fingerprint density at radius 2 is 2.14 bits per heavy atom. The molecule has 0 spiro atoms. The van der Waals surface area contributed by atoms with Gasteiger partial charge in [0.05, 0.1) is 5.69 Å². The van der Waals surface area contributed by atoms with E-state index in [9.17, 15) is 9.90 Å². The van der Waals surface area contributed by atoms with Gasteiger partial charge in [-0.05, 0) is 49.4 Å². The van der Waals surface area contributed by atoms with Crippen LogP contribution in [0.2, 0.25) is 0 Å². The van der Waals surface area contributed by atoms with Gasteiger partial charge in [0.25, 0.3) is 5.91 Å². The lowest BCUT2D eigenvalue weighted by atomic mass is 9.97. The Morgan fingerprint density at radius 1 is 1.36 bits per heavy atom. The minimum absolute atomic E-state index is 0.0598. The molecule has 2 aromatic rings. The van der Waals surface area contributed by atoms with Crippen molar-refractivity contribution in [3.63, 3.8) is 0 Å². The summed E-state index contributed by atoms with van der Waals surface area (Å²) >= 11 is 0. The molecule has 1 fully saturated rings. The lowest BCUT2D eigenvalue weighted by Gasteiger charge is -2.31. The molecule has 0 saturated carbocycles. The van der Waals surface area contributed by atoms with Gasteiger partial charge in [-0.2, -0.15) is 5.10 Å². The number of rotatable bonds is 3. The number of amides is 1. The van der Waals surface area contributed by atoms with E-state index < -0.39 is 0 Å². The van der Waals surface area contributed by atoms with Gasteiger partial charge in [-0.25, -0.2) is 9.67 Å². The highest BCUT2D eigenvalue weighted by molar-refractivity contribution is 5.94. The zero-order valence-corrected chi connectivity index (χ0v) is 12.6. The fourth-order valence-corrected chi connectivity index (χ4v) is 2.88. The van der Waals surface area contributed by atoms with Gasteiger partial charge in [0.1, 0.15) is 12.7 Å². The summed E-state index contributed by atoms with van der Waals surface area (Å²) in [4.78, 5) is 18.4. The standard InChI is InChI=1S/C16H20N4O2/c1-12-8-14(2-3-15(12)20-11-17-10-18-20)16(22)19-6-4-13(9-21)5-7-19/h2-3,8,10-11,13,21H,4-7,9H2,1H3. The van der Waals surface area contributed by atoms with Crippen molar-refractivity contribution < 1.29 is 9.90 Å². The number of nitrogens with zero attached hydrogens (tertiary/aromatic N) is 4. The van der Waals surface area contributed by atoms with Crippen LogP contribution in [0, 0.1) is 12.8 Å². The molecule has 0 unspecified atom stereocenters. The Morgan fingerprint density at radius 3 is 2.73 bits per heavy atom. The number of aliphatic hydroxyl groups is 1. The molecule has 6 nitrogen and oxygen atoms in total. The Kier molecular flexibility index (Phi) is 4.20. The van der Waals surface area contributed by atoms with Gasteiger partial charge in [-0.1, -0.05) is 0 Å². The number of hydrogen-bond acceptors (Lipinski definition) is 4. The molecule has 0 aliphatic carbocycles. The molecule has 6 heteroatoms. The molecule has 1 aliphatic rings. The van der Waals surface area contributed by atoms with Crippen molar-refractivity contribution in [2.45, 2.75) is 19.8 Å². The number of likely N-dealkylation sites (tertiary alicyclic amines) is 1. The van der Waals surface area contributed by atoms with Crippen LogP contribution >= 0.6 is 0 Å². The van der Waals surface area contributed by atoms with Crippen molar-refractivity contribution in [1.29, 1.82) is 0 Å². The smallest absolute Gasteiger partial charge is 0.253 e. The Bertz CT molecular complexity index is 646. The van der Waals surface area contributed by atoms with E-state index in [1.54, 1.807) is 11.0 Å². The summed E-state index contributed by atoms with van der Waals surface area (Å²) in [5, 5.41) is 13.3. The summed E-state index contributed by atoms with van der Waals surface area (Å²) in [7, 11) is 0. The highest BCUT2D eigenvalue weighted by atomic mass is 16.3. The van der Waals surface area contributed by atoms with E-state index in [0.29, 0.717) is 24.6 Å². The van der Waals surface area contributed by atoms with Crippen LogP contribution in [0.5, 0.6) is 0 Å². The van der Waals surface area contributed by atoms with Crippen molar-refractivity contribution >= 4 is 5.91 Å². The SMILES string of the molecule is Cc1cc(C(=O)N2CCC(CO)CC2)ccc1-n1cncn1. The molecule has 1 aromatic heterocycles. The third-order valence-corrected chi connectivity index (χ3v) is 4.27. The molecule has 0 radical (unpaired) electrons. The molecular weight excluding hydrogens is 280 g/mol. The van der Waals surface area contributed by atoms with Crippen molar-refractivity contribution in [3.05, 3.63) is 42.0 Å². The summed E-state index contributed by atoms with van der Waals surface area (Å²) in [5.74, 6) is 0.394. The van der Waals surface area contributed by atoms with Crippen LogP contribution in [-0.2, 0) is 0 Å². The van der Waals surface area contributed by atoms with Crippen molar-refractivity contribution in [3.8, 4) is 5.69 Å². The second-order valence-electron chi connectivity index (χ2n) is 5.76. The van der Waals surface area contributed by atoms with Gasteiger partial charge in [0.15, 0.2) is 0 Å². The summed E-state index contributed by atoms with van der Waals surface area (Å²) in [6.45, 7) is 3.61. The Hall–Kier alpha value is -2.21. The van der Waals surface area contributed by atoms with Gasteiger partial charge < -0.3 is 10.0 Å². The van der Waals surface area contributed by atoms with Crippen LogP contribution in [0.4, 0.5) is 0 Å². The average Bonchev–Trinajstić information content (AvgIpc) is 3.08. The number of carbonyl (C=O) groups is 1. The van der Waals surface area contributed by atoms with Gasteiger partial charge in [-0.15, -0.1) is 0 Å². The molecule has 0 bridgehead atoms. The average molecular weight is 300 g/mol. The van der Waals surface area contributed by atoms with Crippen LogP contribution in [0.25, 0.3) is 5.69 Å². The van der Waals surface area contributed by atoms with Gasteiger partial charge in [0, 0.05) is 25.3 Å². The number of aromatic nitrogens is 3. The summed E-state index contributed by atoms with van der Waals surface area (Å²) in [6, 6.07) is 5.64. The van der Waals surface area contributed by atoms with Gasteiger partial charge >= 0.3 is 0 Å². The van der Waals surface area contributed by atoms with E-state index in [1.807, 2.05) is 30.0 Å². The summed E-state index contributed by atoms with van der Waals surface area (Å²) in [5.41, 5.74) is 2.61. The third-order valence-electron chi connectivity index (χ3n) is 4.27. The topological polar surface area (TPSA) is 71.2 Å². The molecule has 1 amide bonds. The lowest BCUT2D eigenvalue weighted by Crippen LogP contribution is -2.39. The molecule has 22 heavy (non-hydrogen) atoms. The summed E-state index contributed by atoms with van der Waals surface area (Å²) in [6.07, 6.45) is 4.88. The number of aliphatic hydroxyl groups excluding tert-OH is 1. The summed E-state index contributed by atoms with van der Waals surface area (Å²) < 4.78 is 1.69. The number of hydrogen-bond donors (Lipinski definition) is 1. The Balaban J connectivity index is 1.75. The molecule has 3 rings (SSSR count). The lowest BCUT2D eigenvalue weighted by molar-refractivity contribution is 0.0651. The maximum atomic E-state index is 12.6. The van der Waals surface area contributed by atoms with E-state index in [0.717, 1.165) is 24.1 Å². The Labute approximate surface area is 129 Å². The molecular formula is C16H20N4O2. The van der Waals surface area contributed by atoms with Crippen LogP contribution in [-0.4, -0.2) is 50.4 Å². The predicted molar refractivity (Wildman–Crippen MR) is 81.8 cm³/mol. The van der Waals surface area contributed by atoms with Gasteiger partial charge in [-0.3, -0.25) is 4.79 Å². The highest BCUT2D eigenvalue weighted by Crippen LogP contribution is 2.20. The number of carbonyl (C=O) groups excluding carboxylic acids is 1. The molecule has 1 aliphatic heterocycles. The molecule has 0 atom stereocenters. The zero-order valence-electron chi connectivity index (χ0n) is 12.6. The first kappa shape index (κ1) is 14.7. The molecule has 1 saturated heterocycles. The van der Waals surface area contributed by atoms with E-state index in [4.69, 9.17) is 0 Å². The van der Waals surface area contributed by atoms with Crippen molar-refractivity contribution in [2.75, 3.05) is 19.7 Å². The van der Waals surface area contributed by atoms with Crippen LogP contribution in [0.3, 0.4) is 0 Å². The zero-order chi connectivity index (χ0) is 15.5. The monoisotopic (exact) mass is 300 g/mol. The maximum absolute atomic E-state index is 12.6. The van der Waals surface area contributed by atoms with Crippen molar-refractivity contribution in [1.82, 2.24) is 19.7 Å². The second kappa shape index (κ2) is 6.27. The minimum Gasteiger partial charge on any atom is -0.396 e. The normalized spacial score (nSPS) is 16.0. The molecule has 116 valence electrons. The second-order valence-corrected chi connectivity index (χ2v) is 5.76. The first-order valence-corrected chi connectivity index (χ1v) is 7.55. The fourth-order valence-electron chi connectivity index (χ4n) is 2.88. The third kappa shape index (κ3) is 2.87. The first-order valence-electron chi connectivity index (χ1n) is 7.55. The number of piperidine rings is 1. The van der Waals surface area contributed by atoms with E-state index in [1.165, 1.54) is 6.33 Å².